The Bertz CT molecular complexity index is 1520. The van der Waals surface area contributed by atoms with Gasteiger partial charge in [-0.05, 0) is 46.9 Å². The van der Waals surface area contributed by atoms with Gasteiger partial charge in [-0.3, -0.25) is 4.79 Å². The van der Waals surface area contributed by atoms with Gasteiger partial charge in [0, 0.05) is 55.1 Å². The van der Waals surface area contributed by atoms with Gasteiger partial charge in [0.2, 0.25) is 0 Å². The van der Waals surface area contributed by atoms with E-state index in [1.165, 1.54) is 5.56 Å². The fourth-order valence-corrected chi connectivity index (χ4v) is 5.67. The highest BCUT2D eigenvalue weighted by molar-refractivity contribution is 6.20. The first-order valence-electron chi connectivity index (χ1n) is 11.9. The number of hydrogen-bond donors (Lipinski definition) is 2. The van der Waals surface area contributed by atoms with E-state index in [0.717, 1.165) is 56.0 Å². The maximum atomic E-state index is 13.1. The number of benzene rings is 3. The lowest BCUT2D eigenvalue weighted by atomic mass is 9.92. The van der Waals surface area contributed by atoms with Crippen LogP contribution in [0.4, 0.5) is 0 Å². The monoisotopic (exact) mass is 470 g/mol. The molecule has 2 heterocycles. The highest BCUT2D eigenvalue weighted by atomic mass is 16.6. The van der Waals surface area contributed by atoms with Gasteiger partial charge < -0.3 is 24.5 Å². The van der Waals surface area contributed by atoms with E-state index < -0.39 is 5.97 Å². The molecule has 0 saturated carbocycles. The Kier molecular flexibility index (Phi) is 5.31. The summed E-state index contributed by atoms with van der Waals surface area (Å²) in [5.74, 6) is -0.458. The molecule has 2 N–H and O–H groups in total. The summed E-state index contributed by atoms with van der Waals surface area (Å²) in [5.41, 5.74) is 8.71. The molecule has 0 saturated heterocycles. The highest BCUT2D eigenvalue weighted by Crippen LogP contribution is 2.48. The molecule has 1 amide bonds. The Morgan fingerprint density at radius 2 is 1.97 bits per heavy atom. The van der Waals surface area contributed by atoms with Gasteiger partial charge in [0.1, 0.15) is 6.61 Å². The van der Waals surface area contributed by atoms with Gasteiger partial charge in [-0.25, -0.2) is 4.79 Å². The zero-order valence-electron chi connectivity index (χ0n) is 19.5. The van der Waals surface area contributed by atoms with Crippen molar-refractivity contribution in [1.82, 2.24) is 9.88 Å². The van der Waals surface area contributed by atoms with Gasteiger partial charge in [0.25, 0.3) is 5.91 Å². The number of aryl methyl sites for hydroxylation is 1. The summed E-state index contributed by atoms with van der Waals surface area (Å²) < 4.78 is 12.6. The Balaban J connectivity index is 1.65. The van der Waals surface area contributed by atoms with Crippen molar-refractivity contribution in [3.63, 3.8) is 0 Å². The van der Waals surface area contributed by atoms with Crippen LogP contribution in [0.1, 0.15) is 43.8 Å². The normalized spacial score (nSPS) is 13.7. The largest absolute Gasteiger partial charge is 0.460 e. The lowest BCUT2D eigenvalue weighted by Gasteiger charge is -2.13. The van der Waals surface area contributed by atoms with Crippen LogP contribution in [-0.4, -0.2) is 48.5 Å². The molecule has 0 bridgehead atoms. The quantitative estimate of drug-likeness (QED) is 0.279. The molecule has 0 fully saturated rings. The van der Waals surface area contributed by atoms with E-state index in [9.17, 15) is 14.7 Å². The molecular formula is C28H26N2O5. The average molecular weight is 471 g/mol. The molecule has 0 atom stereocenters. The van der Waals surface area contributed by atoms with Crippen LogP contribution in [0.3, 0.4) is 0 Å². The molecular weight excluding hydrogens is 444 g/mol. The molecule has 3 aromatic carbocycles. The fourth-order valence-electron chi connectivity index (χ4n) is 5.67. The molecule has 0 spiro atoms. The minimum absolute atomic E-state index is 0.0544. The van der Waals surface area contributed by atoms with Gasteiger partial charge in [-0.2, -0.15) is 0 Å². The number of nitrogens with one attached hydrogen (secondary N) is 1. The van der Waals surface area contributed by atoms with Crippen LogP contribution in [0.15, 0.2) is 42.5 Å². The van der Waals surface area contributed by atoms with E-state index >= 15 is 0 Å². The van der Waals surface area contributed by atoms with E-state index in [2.05, 4.69) is 22.0 Å². The summed E-state index contributed by atoms with van der Waals surface area (Å²) in [7, 11) is 1.56. The topological polar surface area (TPSA) is 89.8 Å². The van der Waals surface area contributed by atoms with Crippen LogP contribution in [0.25, 0.3) is 32.9 Å². The third-order valence-corrected chi connectivity index (χ3v) is 7.11. The number of methoxy groups -OCH3 is 1. The van der Waals surface area contributed by atoms with Gasteiger partial charge in [-0.1, -0.05) is 24.3 Å². The maximum absolute atomic E-state index is 13.1. The first-order chi connectivity index (χ1) is 17.1. The zero-order chi connectivity index (χ0) is 24.1. The summed E-state index contributed by atoms with van der Waals surface area (Å²) in [6.07, 6.45) is 1.35. The summed E-state index contributed by atoms with van der Waals surface area (Å²) in [6.45, 7) is 1.69. The van der Waals surface area contributed by atoms with Crippen LogP contribution in [0, 0.1) is 0 Å². The first-order valence-corrected chi connectivity index (χ1v) is 11.9. The number of rotatable bonds is 7. The van der Waals surface area contributed by atoms with E-state index in [4.69, 9.17) is 9.47 Å². The van der Waals surface area contributed by atoms with E-state index in [-0.39, 0.29) is 19.1 Å². The Morgan fingerprint density at radius 1 is 1.11 bits per heavy atom. The number of aliphatic hydroxyl groups is 1. The number of aliphatic hydroxyl groups excluding tert-OH is 1. The smallest absolute Gasteiger partial charge is 0.338 e. The van der Waals surface area contributed by atoms with Crippen LogP contribution in [0.5, 0.6) is 0 Å². The van der Waals surface area contributed by atoms with Crippen molar-refractivity contribution in [2.45, 2.75) is 25.9 Å². The van der Waals surface area contributed by atoms with Gasteiger partial charge in [0.15, 0.2) is 0 Å². The third kappa shape index (κ3) is 3.26. The van der Waals surface area contributed by atoms with Crippen LogP contribution in [-0.2, 0) is 29.0 Å². The molecule has 35 heavy (non-hydrogen) atoms. The second-order valence-corrected chi connectivity index (χ2v) is 9.04. The number of hydrogen-bond acceptors (Lipinski definition) is 5. The van der Waals surface area contributed by atoms with E-state index in [1.54, 1.807) is 13.2 Å². The minimum atomic E-state index is -0.403. The second kappa shape index (κ2) is 8.52. The molecule has 6 rings (SSSR count). The molecule has 2 aliphatic rings. The highest BCUT2D eigenvalue weighted by Gasteiger charge is 2.35. The van der Waals surface area contributed by atoms with Crippen LogP contribution < -0.4 is 5.32 Å². The lowest BCUT2D eigenvalue weighted by molar-refractivity contribution is 0.0388. The van der Waals surface area contributed by atoms with Crippen molar-refractivity contribution in [3.05, 3.63) is 70.3 Å². The van der Waals surface area contributed by atoms with E-state index in [1.807, 2.05) is 24.3 Å². The molecule has 7 nitrogen and oxygen atoms in total. The lowest BCUT2D eigenvalue weighted by Crippen LogP contribution is -2.13. The van der Waals surface area contributed by atoms with Crippen molar-refractivity contribution in [1.29, 1.82) is 0 Å². The van der Waals surface area contributed by atoms with Gasteiger partial charge in [-0.15, -0.1) is 0 Å². The van der Waals surface area contributed by atoms with Gasteiger partial charge >= 0.3 is 5.97 Å². The number of carbonyl (C=O) groups is 2. The third-order valence-electron chi connectivity index (χ3n) is 7.11. The predicted octanol–water partition coefficient (Wildman–Crippen LogP) is 3.79. The number of fused-ring (bicyclic) bond motifs is 10. The molecule has 0 radical (unpaired) electrons. The molecule has 1 aliphatic heterocycles. The second-order valence-electron chi connectivity index (χ2n) is 9.04. The number of ether oxygens (including phenoxy) is 2. The van der Waals surface area contributed by atoms with E-state index in [0.29, 0.717) is 31.7 Å². The number of carbonyl (C=O) groups excluding carboxylic acids is 2. The Hall–Kier alpha value is -3.68. The van der Waals surface area contributed by atoms with Crippen molar-refractivity contribution >= 4 is 33.7 Å². The summed E-state index contributed by atoms with van der Waals surface area (Å²) in [5, 5.41) is 14.6. The maximum Gasteiger partial charge on any atom is 0.338 e. The summed E-state index contributed by atoms with van der Waals surface area (Å²) in [6, 6.07) is 13.9. The van der Waals surface area contributed by atoms with Crippen molar-refractivity contribution in [2.75, 3.05) is 26.9 Å². The summed E-state index contributed by atoms with van der Waals surface area (Å²) >= 11 is 0. The van der Waals surface area contributed by atoms with Crippen molar-refractivity contribution in [2.24, 2.45) is 0 Å². The minimum Gasteiger partial charge on any atom is -0.460 e. The molecule has 7 heteroatoms. The summed E-state index contributed by atoms with van der Waals surface area (Å²) in [4.78, 5) is 25.8. The number of esters is 1. The zero-order valence-corrected chi connectivity index (χ0v) is 19.5. The molecule has 1 aromatic heterocycles. The predicted molar refractivity (Wildman–Crippen MR) is 133 cm³/mol. The Morgan fingerprint density at radius 3 is 2.80 bits per heavy atom. The Labute approximate surface area is 202 Å². The number of aromatic nitrogens is 1. The van der Waals surface area contributed by atoms with Crippen molar-refractivity contribution in [3.8, 4) is 11.1 Å². The fraction of sp³-hybridized carbons (Fsp3) is 0.286. The molecule has 0 unspecified atom stereocenters. The molecule has 178 valence electrons. The molecule has 1 aliphatic carbocycles. The van der Waals surface area contributed by atoms with Crippen molar-refractivity contribution < 1.29 is 24.2 Å². The van der Waals surface area contributed by atoms with Crippen LogP contribution >= 0.6 is 0 Å². The SMILES string of the molecule is COCCOC(=O)c1ccc2c(c1)c1c3c(c4c(c1n2CCCO)Cc1ccccc1-4)C(=O)NC3. The first kappa shape index (κ1) is 21.8. The molecule has 4 aromatic rings. The number of amides is 1. The van der Waals surface area contributed by atoms with Crippen LogP contribution in [0.2, 0.25) is 0 Å². The number of nitrogens with zero attached hydrogens (tertiary/aromatic N) is 1. The van der Waals surface area contributed by atoms with Gasteiger partial charge in [0.05, 0.1) is 23.3 Å². The average Bonchev–Trinajstić information content (AvgIpc) is 3.53. The standard InChI is InChI=1S/C28H26N2O5/c1-34-11-12-35-28(33)17-7-8-22-19(14-17)24-21-15-29-27(32)25(21)23-18-6-3-2-5-16(18)13-20(23)26(24)30(22)9-4-10-31/h2-3,5-8,14,31H,4,9-13,15H2,1H3,(H,29,32).